The number of anilines is 1. The summed E-state index contributed by atoms with van der Waals surface area (Å²) < 4.78 is 43.7. The standard InChI is InChI=1S/C23H18ClF3N8O2/c24-19-17(14-6-35-7-15(32-16(35)5-29-14)33-23(37)9-2-12(9)26)10-4-30-34-21(10)18(20(19)27)13(3-28)31-22(36)8-1-11(8)25/h4-9,11-13,22,31,36H,1-2H2,(H,30,34)(H,33,37)/t8-,9-,11+,12+,13?,22?/m1/s1. The van der Waals surface area contributed by atoms with E-state index in [-0.39, 0.29) is 46.0 Å². The number of rotatable bonds is 7. The van der Waals surface area contributed by atoms with Gasteiger partial charge in [-0.1, -0.05) is 11.6 Å². The number of carbonyl (C=O) groups excluding carboxylic acids is 1. The largest absolute Gasteiger partial charge is 0.378 e. The molecule has 3 heterocycles. The van der Waals surface area contributed by atoms with Crippen molar-refractivity contribution in [1.29, 1.82) is 5.26 Å². The molecule has 4 aromatic rings. The molecule has 2 saturated carbocycles. The molecule has 0 radical (unpaired) electrons. The second-order valence-corrected chi connectivity index (χ2v) is 9.55. The van der Waals surface area contributed by atoms with Gasteiger partial charge in [-0.05, 0) is 12.8 Å². The molecule has 1 aromatic carbocycles. The minimum absolute atomic E-state index is 0.151. The molecule has 14 heteroatoms. The molecule has 6 atom stereocenters. The zero-order chi connectivity index (χ0) is 26.0. The van der Waals surface area contributed by atoms with Crippen LogP contribution >= 0.6 is 11.6 Å². The van der Waals surface area contributed by atoms with Gasteiger partial charge >= 0.3 is 0 Å². The summed E-state index contributed by atoms with van der Waals surface area (Å²) in [5.74, 6) is -2.53. The van der Waals surface area contributed by atoms with Crippen LogP contribution in [0.5, 0.6) is 0 Å². The number of benzene rings is 1. The predicted molar refractivity (Wildman–Crippen MR) is 125 cm³/mol. The van der Waals surface area contributed by atoms with Gasteiger partial charge in [-0.2, -0.15) is 10.4 Å². The first-order chi connectivity index (χ1) is 17.8. The molecule has 1 amide bonds. The number of nitrogens with one attached hydrogen (secondary N) is 3. The number of hydrogen-bond acceptors (Lipinski definition) is 7. The Morgan fingerprint density at radius 3 is 2.73 bits per heavy atom. The van der Waals surface area contributed by atoms with E-state index in [9.17, 15) is 23.9 Å². The van der Waals surface area contributed by atoms with Crippen molar-refractivity contribution in [3.05, 3.63) is 41.2 Å². The Morgan fingerprint density at radius 2 is 2.05 bits per heavy atom. The van der Waals surface area contributed by atoms with Gasteiger partial charge < -0.3 is 14.8 Å². The lowest BCUT2D eigenvalue weighted by atomic mass is 9.98. The maximum absolute atomic E-state index is 15.7. The summed E-state index contributed by atoms with van der Waals surface area (Å²) in [6.45, 7) is 0. The van der Waals surface area contributed by atoms with Gasteiger partial charge in [-0.25, -0.2) is 18.2 Å². The van der Waals surface area contributed by atoms with Gasteiger partial charge in [0.05, 0.1) is 46.8 Å². The van der Waals surface area contributed by atoms with Crippen LogP contribution < -0.4 is 10.6 Å². The van der Waals surface area contributed by atoms with Crippen molar-refractivity contribution in [2.24, 2.45) is 11.8 Å². The van der Waals surface area contributed by atoms with Gasteiger partial charge in [0.25, 0.3) is 0 Å². The monoisotopic (exact) mass is 530 g/mol. The second-order valence-electron chi connectivity index (χ2n) is 9.18. The van der Waals surface area contributed by atoms with Crippen molar-refractivity contribution in [3.63, 3.8) is 0 Å². The summed E-state index contributed by atoms with van der Waals surface area (Å²) in [5, 5.41) is 31.7. The molecule has 0 saturated heterocycles. The lowest BCUT2D eigenvalue weighted by Crippen LogP contribution is -2.35. The normalized spacial score (nSPS) is 24.1. The number of aromatic nitrogens is 5. The van der Waals surface area contributed by atoms with E-state index in [0.29, 0.717) is 11.0 Å². The number of alkyl halides is 2. The minimum atomic E-state index is -1.34. The Bertz CT molecular complexity index is 1600. The summed E-state index contributed by atoms with van der Waals surface area (Å²) in [6, 6.07) is 0.543. The number of nitriles is 1. The molecule has 3 aromatic heterocycles. The van der Waals surface area contributed by atoms with Gasteiger partial charge in [-0.15, -0.1) is 0 Å². The third kappa shape index (κ3) is 4.07. The Labute approximate surface area is 211 Å². The van der Waals surface area contributed by atoms with Gasteiger partial charge in [-0.3, -0.25) is 20.2 Å². The maximum Gasteiger partial charge on any atom is 0.231 e. The van der Waals surface area contributed by atoms with Crippen molar-refractivity contribution in [3.8, 4) is 17.3 Å². The first-order valence-corrected chi connectivity index (χ1v) is 11.8. The van der Waals surface area contributed by atoms with E-state index in [0.717, 1.165) is 0 Å². The number of imidazole rings is 1. The number of nitrogens with zero attached hydrogens (tertiary/aromatic N) is 5. The van der Waals surface area contributed by atoms with E-state index in [1.807, 2.05) is 6.07 Å². The van der Waals surface area contributed by atoms with Gasteiger partial charge in [0.1, 0.15) is 24.6 Å². The van der Waals surface area contributed by atoms with Crippen molar-refractivity contribution in [1.82, 2.24) is 29.9 Å². The van der Waals surface area contributed by atoms with Gasteiger partial charge in [0.15, 0.2) is 17.3 Å². The summed E-state index contributed by atoms with van der Waals surface area (Å²) in [6.07, 6.45) is 2.50. The number of aliphatic hydroxyl groups excluding tert-OH is 1. The Hall–Kier alpha value is -3.73. The van der Waals surface area contributed by atoms with Crippen LogP contribution in [-0.4, -0.2) is 54.2 Å². The van der Waals surface area contributed by atoms with E-state index in [1.54, 1.807) is 4.40 Å². The van der Waals surface area contributed by atoms with Gasteiger partial charge in [0.2, 0.25) is 5.91 Å². The van der Waals surface area contributed by atoms with E-state index >= 15 is 4.39 Å². The first kappa shape index (κ1) is 23.7. The highest BCUT2D eigenvalue weighted by Gasteiger charge is 2.45. The predicted octanol–water partition coefficient (Wildman–Crippen LogP) is 3.19. The van der Waals surface area contributed by atoms with E-state index in [1.165, 1.54) is 24.8 Å². The van der Waals surface area contributed by atoms with Crippen molar-refractivity contribution in [2.75, 3.05) is 5.32 Å². The fraction of sp³-hybridized carbons (Fsp3) is 0.348. The highest BCUT2D eigenvalue weighted by molar-refractivity contribution is 6.35. The molecule has 37 heavy (non-hydrogen) atoms. The third-order valence-electron chi connectivity index (χ3n) is 6.64. The van der Waals surface area contributed by atoms with Crippen LogP contribution in [-0.2, 0) is 4.79 Å². The molecular formula is C23H18ClF3N8O2. The molecule has 2 aliphatic rings. The maximum atomic E-state index is 15.7. The van der Waals surface area contributed by atoms with Crippen LogP contribution in [0.1, 0.15) is 24.4 Å². The van der Waals surface area contributed by atoms with Crippen molar-refractivity contribution < 1.29 is 23.1 Å². The molecule has 190 valence electrons. The summed E-state index contributed by atoms with van der Waals surface area (Å²) >= 11 is 6.45. The minimum Gasteiger partial charge on any atom is -0.378 e. The van der Waals surface area contributed by atoms with Crippen LogP contribution in [0.2, 0.25) is 5.02 Å². The third-order valence-corrected chi connectivity index (χ3v) is 7.00. The number of H-pyrrole nitrogens is 1. The number of halogens is 4. The summed E-state index contributed by atoms with van der Waals surface area (Å²) in [7, 11) is 0. The average molecular weight is 531 g/mol. The van der Waals surface area contributed by atoms with E-state index in [2.05, 4.69) is 30.8 Å². The van der Waals surface area contributed by atoms with Crippen LogP contribution in [0.15, 0.2) is 24.8 Å². The molecular weight excluding hydrogens is 513 g/mol. The summed E-state index contributed by atoms with van der Waals surface area (Å²) in [4.78, 5) is 20.6. The molecule has 6 rings (SSSR count). The van der Waals surface area contributed by atoms with E-state index in [4.69, 9.17) is 11.6 Å². The Kier molecular flexibility index (Phi) is 5.55. The second kappa shape index (κ2) is 8.69. The number of hydrogen-bond donors (Lipinski definition) is 4. The SMILES string of the molecule is N#CC(NC(O)[C@@H]1C[C@@H]1F)c1c(F)c(Cl)c(-c2cn3cc(NC(=O)[C@@H]4C[C@@H]4F)nc3cn2)c2cn[nH]c12. The van der Waals surface area contributed by atoms with Crippen molar-refractivity contribution in [2.45, 2.75) is 37.5 Å². The molecule has 10 nitrogen and oxygen atoms in total. The molecule has 2 fully saturated rings. The smallest absolute Gasteiger partial charge is 0.231 e. The number of fused-ring (bicyclic) bond motifs is 2. The van der Waals surface area contributed by atoms with Crippen LogP contribution in [0.4, 0.5) is 19.0 Å². The lowest BCUT2D eigenvalue weighted by molar-refractivity contribution is -0.117. The topological polar surface area (TPSA) is 144 Å². The average Bonchev–Trinajstić information content (AvgIpc) is 3.67. The Morgan fingerprint density at radius 1 is 1.30 bits per heavy atom. The zero-order valence-electron chi connectivity index (χ0n) is 18.8. The number of amides is 1. The highest BCUT2D eigenvalue weighted by atomic mass is 35.5. The molecule has 4 N–H and O–H groups in total. The molecule has 2 aliphatic carbocycles. The molecule has 0 spiro atoms. The van der Waals surface area contributed by atoms with Crippen LogP contribution in [0, 0.1) is 29.0 Å². The van der Waals surface area contributed by atoms with Crippen molar-refractivity contribution >= 4 is 39.9 Å². The zero-order valence-corrected chi connectivity index (χ0v) is 19.5. The number of aromatic amines is 1. The highest BCUT2D eigenvalue weighted by Crippen LogP contribution is 2.42. The number of carbonyl (C=O) groups is 1. The lowest BCUT2D eigenvalue weighted by Gasteiger charge is -2.20. The summed E-state index contributed by atoms with van der Waals surface area (Å²) in [5.41, 5.74) is 0.794. The van der Waals surface area contributed by atoms with Crippen LogP contribution in [0.3, 0.4) is 0 Å². The molecule has 2 unspecified atom stereocenters. The molecule has 0 aliphatic heterocycles. The Balaban J connectivity index is 1.37. The molecule has 0 bridgehead atoms. The first-order valence-electron chi connectivity index (χ1n) is 11.4. The van der Waals surface area contributed by atoms with Crippen LogP contribution in [0.25, 0.3) is 27.8 Å². The fourth-order valence-corrected chi connectivity index (χ4v) is 4.69. The van der Waals surface area contributed by atoms with Gasteiger partial charge in [0, 0.05) is 28.6 Å². The quantitative estimate of drug-likeness (QED) is 0.269. The van der Waals surface area contributed by atoms with E-state index < -0.39 is 48.2 Å². The fourth-order valence-electron chi connectivity index (χ4n) is 4.39. The number of aliphatic hydroxyl groups is 1.